The van der Waals surface area contributed by atoms with E-state index in [-0.39, 0.29) is 5.41 Å². The summed E-state index contributed by atoms with van der Waals surface area (Å²) in [6, 6.07) is 7.00. The lowest BCUT2D eigenvalue weighted by Crippen LogP contribution is -2.27. The minimum Gasteiger partial charge on any atom is -0.398 e. The molecular formula is C17H30N2. The van der Waals surface area contributed by atoms with Crippen LogP contribution in [0.25, 0.3) is 0 Å². The standard InChI is InChI=1S/C17H30N2/c1-12(2)9-13(3)19-11-14-7-8-15(10-16(14)18)17(4,5)6/h7-8,10,12-13,19H,9,11,18H2,1-6H3. The lowest BCUT2D eigenvalue weighted by atomic mass is 9.86. The number of anilines is 1. The molecule has 0 amide bonds. The Morgan fingerprint density at radius 3 is 2.26 bits per heavy atom. The molecule has 0 heterocycles. The van der Waals surface area contributed by atoms with Crippen LogP contribution >= 0.6 is 0 Å². The van der Waals surface area contributed by atoms with Crippen molar-refractivity contribution in [2.24, 2.45) is 5.92 Å². The van der Waals surface area contributed by atoms with E-state index < -0.39 is 0 Å². The van der Waals surface area contributed by atoms with Gasteiger partial charge in [0.15, 0.2) is 0 Å². The van der Waals surface area contributed by atoms with Crippen LogP contribution < -0.4 is 11.1 Å². The van der Waals surface area contributed by atoms with Gasteiger partial charge in [0, 0.05) is 18.3 Å². The summed E-state index contributed by atoms with van der Waals surface area (Å²) in [5.74, 6) is 0.725. The molecule has 0 saturated heterocycles. The molecule has 0 saturated carbocycles. The number of hydrogen-bond donors (Lipinski definition) is 2. The van der Waals surface area contributed by atoms with Gasteiger partial charge in [0.05, 0.1) is 0 Å². The second-order valence-electron chi connectivity index (χ2n) is 7.08. The van der Waals surface area contributed by atoms with Crippen LogP contribution in [0.1, 0.15) is 59.1 Å². The predicted octanol–water partition coefficient (Wildman–Crippen LogP) is 4.09. The Kier molecular flexibility index (Phi) is 5.42. The Balaban J connectivity index is 2.66. The quantitative estimate of drug-likeness (QED) is 0.784. The molecule has 2 heteroatoms. The summed E-state index contributed by atoms with van der Waals surface area (Å²) in [6.07, 6.45) is 1.19. The second-order valence-corrected chi connectivity index (χ2v) is 7.08. The van der Waals surface area contributed by atoms with Crippen molar-refractivity contribution in [2.75, 3.05) is 5.73 Å². The second kappa shape index (κ2) is 6.42. The van der Waals surface area contributed by atoms with Gasteiger partial charge in [-0.2, -0.15) is 0 Å². The Morgan fingerprint density at radius 2 is 1.79 bits per heavy atom. The summed E-state index contributed by atoms with van der Waals surface area (Å²) in [5.41, 5.74) is 9.72. The van der Waals surface area contributed by atoms with Crippen molar-refractivity contribution in [2.45, 2.75) is 66.0 Å². The van der Waals surface area contributed by atoms with Crippen LogP contribution in [0.2, 0.25) is 0 Å². The highest BCUT2D eigenvalue weighted by Gasteiger charge is 2.14. The fourth-order valence-corrected chi connectivity index (χ4v) is 2.30. The minimum atomic E-state index is 0.158. The van der Waals surface area contributed by atoms with Gasteiger partial charge < -0.3 is 11.1 Å². The maximum atomic E-state index is 6.17. The molecular weight excluding hydrogens is 232 g/mol. The van der Waals surface area contributed by atoms with Gasteiger partial charge in [0.1, 0.15) is 0 Å². The van der Waals surface area contributed by atoms with Gasteiger partial charge in [-0.15, -0.1) is 0 Å². The maximum Gasteiger partial charge on any atom is 0.0362 e. The molecule has 3 N–H and O–H groups in total. The summed E-state index contributed by atoms with van der Waals surface area (Å²) < 4.78 is 0. The van der Waals surface area contributed by atoms with Crippen LogP contribution in [0.5, 0.6) is 0 Å². The fourth-order valence-electron chi connectivity index (χ4n) is 2.30. The van der Waals surface area contributed by atoms with E-state index in [0.717, 1.165) is 18.2 Å². The molecule has 0 spiro atoms. The minimum absolute atomic E-state index is 0.158. The van der Waals surface area contributed by atoms with Crippen LogP contribution in [0.3, 0.4) is 0 Å². The van der Waals surface area contributed by atoms with Crippen LogP contribution in [-0.2, 0) is 12.0 Å². The molecule has 2 nitrogen and oxygen atoms in total. The first-order chi connectivity index (χ1) is 8.70. The van der Waals surface area contributed by atoms with Crippen LogP contribution in [0.4, 0.5) is 5.69 Å². The monoisotopic (exact) mass is 262 g/mol. The number of nitrogens with two attached hydrogens (primary N) is 1. The highest BCUT2D eigenvalue weighted by molar-refractivity contribution is 5.50. The highest BCUT2D eigenvalue weighted by Crippen LogP contribution is 2.25. The molecule has 0 aliphatic rings. The Labute approximate surface area is 118 Å². The molecule has 0 aliphatic carbocycles. The van der Waals surface area contributed by atoms with E-state index in [4.69, 9.17) is 5.73 Å². The van der Waals surface area contributed by atoms with E-state index >= 15 is 0 Å². The van der Waals surface area contributed by atoms with Crippen LogP contribution in [0.15, 0.2) is 18.2 Å². The summed E-state index contributed by atoms with van der Waals surface area (Å²) in [4.78, 5) is 0. The molecule has 0 bridgehead atoms. The van der Waals surface area contributed by atoms with Crippen molar-refractivity contribution in [3.63, 3.8) is 0 Å². The molecule has 1 aromatic rings. The molecule has 1 unspecified atom stereocenters. The highest BCUT2D eigenvalue weighted by atomic mass is 14.9. The van der Waals surface area contributed by atoms with Gasteiger partial charge in [0.25, 0.3) is 0 Å². The maximum absolute atomic E-state index is 6.17. The van der Waals surface area contributed by atoms with E-state index in [9.17, 15) is 0 Å². The average molecular weight is 262 g/mol. The van der Waals surface area contributed by atoms with Crippen molar-refractivity contribution in [1.82, 2.24) is 5.32 Å². The number of hydrogen-bond acceptors (Lipinski definition) is 2. The van der Waals surface area contributed by atoms with E-state index in [2.05, 4.69) is 65.1 Å². The first-order valence-electron chi connectivity index (χ1n) is 7.32. The molecule has 0 aromatic heterocycles. The van der Waals surface area contributed by atoms with Crippen molar-refractivity contribution in [3.05, 3.63) is 29.3 Å². The fraction of sp³-hybridized carbons (Fsp3) is 0.647. The smallest absolute Gasteiger partial charge is 0.0362 e. The van der Waals surface area contributed by atoms with Crippen molar-refractivity contribution < 1.29 is 0 Å². The molecule has 0 fully saturated rings. The van der Waals surface area contributed by atoms with Crippen molar-refractivity contribution in [1.29, 1.82) is 0 Å². The lowest BCUT2D eigenvalue weighted by Gasteiger charge is -2.21. The third-order valence-electron chi connectivity index (χ3n) is 3.48. The Bertz CT molecular complexity index is 402. The first-order valence-corrected chi connectivity index (χ1v) is 7.32. The van der Waals surface area contributed by atoms with Gasteiger partial charge in [-0.05, 0) is 41.9 Å². The van der Waals surface area contributed by atoms with Gasteiger partial charge >= 0.3 is 0 Å². The number of benzene rings is 1. The van der Waals surface area contributed by atoms with Crippen LogP contribution in [0, 0.1) is 5.92 Å². The number of rotatable bonds is 5. The third-order valence-corrected chi connectivity index (χ3v) is 3.48. The van der Waals surface area contributed by atoms with Crippen molar-refractivity contribution in [3.8, 4) is 0 Å². The topological polar surface area (TPSA) is 38.0 Å². The molecule has 1 rings (SSSR count). The van der Waals surface area contributed by atoms with E-state index in [0.29, 0.717) is 6.04 Å². The summed E-state index contributed by atoms with van der Waals surface area (Å²) in [7, 11) is 0. The Hall–Kier alpha value is -1.02. The van der Waals surface area contributed by atoms with E-state index in [1.54, 1.807) is 0 Å². The molecule has 19 heavy (non-hydrogen) atoms. The molecule has 1 aromatic carbocycles. The molecule has 108 valence electrons. The van der Waals surface area contributed by atoms with E-state index in [1.807, 2.05) is 0 Å². The summed E-state index contributed by atoms with van der Waals surface area (Å²) in [5, 5.41) is 3.55. The average Bonchev–Trinajstić information content (AvgIpc) is 2.25. The predicted molar refractivity (Wildman–Crippen MR) is 85.3 cm³/mol. The van der Waals surface area contributed by atoms with Gasteiger partial charge in [0.2, 0.25) is 0 Å². The summed E-state index contributed by atoms with van der Waals surface area (Å²) in [6.45, 7) is 14.2. The van der Waals surface area contributed by atoms with Crippen molar-refractivity contribution >= 4 is 5.69 Å². The zero-order valence-corrected chi connectivity index (χ0v) is 13.4. The normalized spacial score (nSPS) is 13.8. The zero-order chi connectivity index (χ0) is 14.6. The van der Waals surface area contributed by atoms with Gasteiger partial charge in [-0.1, -0.05) is 46.8 Å². The third kappa shape index (κ3) is 5.23. The van der Waals surface area contributed by atoms with E-state index in [1.165, 1.54) is 17.5 Å². The van der Waals surface area contributed by atoms with Gasteiger partial charge in [-0.25, -0.2) is 0 Å². The molecule has 1 atom stereocenters. The summed E-state index contributed by atoms with van der Waals surface area (Å²) >= 11 is 0. The first kappa shape index (κ1) is 16.0. The van der Waals surface area contributed by atoms with Crippen LogP contribution in [-0.4, -0.2) is 6.04 Å². The SMILES string of the molecule is CC(C)CC(C)NCc1ccc(C(C)(C)C)cc1N. The largest absolute Gasteiger partial charge is 0.398 e. The number of nitrogen functional groups attached to an aromatic ring is 1. The Morgan fingerprint density at radius 1 is 1.16 bits per heavy atom. The number of nitrogens with one attached hydrogen (secondary N) is 1. The lowest BCUT2D eigenvalue weighted by molar-refractivity contribution is 0.441. The molecule has 0 aliphatic heterocycles. The van der Waals surface area contributed by atoms with Gasteiger partial charge in [-0.3, -0.25) is 0 Å². The molecule has 0 radical (unpaired) electrons. The zero-order valence-electron chi connectivity index (χ0n) is 13.4.